The molecule has 0 aromatic carbocycles. The zero-order valence-electron chi connectivity index (χ0n) is 8.24. The third-order valence-electron chi connectivity index (χ3n) is 1.57. The van der Waals surface area contributed by atoms with E-state index in [-0.39, 0.29) is 23.9 Å². The third-order valence-corrected chi connectivity index (χ3v) is 1.78. The van der Waals surface area contributed by atoms with Crippen molar-refractivity contribution in [2.45, 2.75) is 0 Å². The lowest BCUT2D eigenvalue weighted by Crippen LogP contribution is -2.37. The highest BCUT2D eigenvalue weighted by molar-refractivity contribution is 6.29. The molecule has 1 aromatic heterocycles. The smallest absolute Gasteiger partial charge is 0.312 e. The monoisotopic (exact) mass is 243 g/mol. The number of urea groups is 1. The Morgan fingerprint density at radius 1 is 1.25 bits per heavy atom. The summed E-state index contributed by atoms with van der Waals surface area (Å²) < 4.78 is 0. The van der Waals surface area contributed by atoms with Gasteiger partial charge in [0.2, 0.25) is 0 Å². The van der Waals surface area contributed by atoms with Crippen molar-refractivity contribution in [2.75, 3.05) is 13.1 Å². The molecule has 0 radical (unpaired) electrons. The van der Waals surface area contributed by atoms with Gasteiger partial charge >= 0.3 is 6.03 Å². The molecule has 7 nitrogen and oxygen atoms in total. The molecule has 0 aliphatic heterocycles. The summed E-state index contributed by atoms with van der Waals surface area (Å²) in [6, 6.07) is 2.28. The first kappa shape index (κ1) is 12.2. The number of nitrogens with zero attached hydrogens (tertiary/aromatic N) is 2. The van der Waals surface area contributed by atoms with Gasteiger partial charge < -0.3 is 16.4 Å². The Morgan fingerprint density at radius 2 is 1.94 bits per heavy atom. The van der Waals surface area contributed by atoms with E-state index < -0.39 is 11.9 Å². The van der Waals surface area contributed by atoms with Crippen molar-refractivity contribution in [3.05, 3.63) is 23.0 Å². The first-order valence-corrected chi connectivity index (χ1v) is 4.78. The Bertz CT molecular complexity index is 381. The number of rotatable bonds is 4. The van der Waals surface area contributed by atoms with Crippen molar-refractivity contribution in [3.63, 3.8) is 0 Å². The van der Waals surface area contributed by atoms with Gasteiger partial charge in [-0.2, -0.15) is 0 Å². The highest BCUT2D eigenvalue weighted by atomic mass is 35.5. The molecule has 1 aromatic rings. The van der Waals surface area contributed by atoms with Gasteiger partial charge in [0.1, 0.15) is 0 Å². The Morgan fingerprint density at radius 3 is 2.50 bits per heavy atom. The SMILES string of the molecule is NC(=O)NCCNC(=O)c1ccc(Cl)nn1. The van der Waals surface area contributed by atoms with E-state index in [1.165, 1.54) is 12.1 Å². The number of aromatic nitrogens is 2. The summed E-state index contributed by atoms with van der Waals surface area (Å²) in [5.74, 6) is -0.393. The molecule has 0 aliphatic carbocycles. The lowest BCUT2D eigenvalue weighted by atomic mass is 10.3. The van der Waals surface area contributed by atoms with E-state index >= 15 is 0 Å². The second-order valence-corrected chi connectivity index (χ2v) is 3.18. The molecule has 0 aliphatic rings. The number of hydrogen-bond acceptors (Lipinski definition) is 4. The minimum absolute atomic E-state index is 0.156. The maximum absolute atomic E-state index is 11.4. The Hall–Kier alpha value is -1.89. The topological polar surface area (TPSA) is 110 Å². The largest absolute Gasteiger partial charge is 0.352 e. The van der Waals surface area contributed by atoms with Crippen LogP contribution < -0.4 is 16.4 Å². The van der Waals surface area contributed by atoms with E-state index in [9.17, 15) is 9.59 Å². The van der Waals surface area contributed by atoms with Gasteiger partial charge in [0, 0.05) is 13.1 Å². The summed E-state index contributed by atoms with van der Waals surface area (Å²) in [5, 5.41) is 12.2. The van der Waals surface area contributed by atoms with E-state index in [1.807, 2.05) is 0 Å². The quantitative estimate of drug-likeness (QED) is 0.621. The molecule has 16 heavy (non-hydrogen) atoms. The number of carbonyl (C=O) groups is 2. The summed E-state index contributed by atoms with van der Waals surface area (Å²) >= 11 is 5.51. The molecular weight excluding hydrogens is 234 g/mol. The molecule has 0 atom stereocenters. The highest BCUT2D eigenvalue weighted by Gasteiger charge is 2.06. The number of hydrogen-bond donors (Lipinski definition) is 3. The lowest BCUT2D eigenvalue weighted by Gasteiger charge is -2.04. The molecule has 8 heteroatoms. The van der Waals surface area contributed by atoms with Crippen molar-refractivity contribution in [3.8, 4) is 0 Å². The van der Waals surface area contributed by atoms with Crippen LogP contribution >= 0.6 is 11.6 Å². The predicted octanol–water partition coefficient (Wildman–Crippen LogP) is -0.472. The fourth-order valence-corrected chi connectivity index (χ4v) is 0.990. The van der Waals surface area contributed by atoms with Crippen LogP contribution in [0.5, 0.6) is 0 Å². The third kappa shape index (κ3) is 4.09. The average Bonchev–Trinajstić information content (AvgIpc) is 2.25. The molecule has 0 fully saturated rings. The molecule has 1 heterocycles. The minimum atomic E-state index is -0.638. The summed E-state index contributed by atoms with van der Waals surface area (Å²) in [6.45, 7) is 0.508. The number of halogens is 1. The first-order valence-electron chi connectivity index (χ1n) is 4.40. The van der Waals surface area contributed by atoms with Crippen LogP contribution in [0.1, 0.15) is 10.5 Å². The van der Waals surface area contributed by atoms with Crippen molar-refractivity contribution in [1.29, 1.82) is 0 Å². The molecule has 4 N–H and O–H groups in total. The van der Waals surface area contributed by atoms with Crippen LogP contribution in [0.25, 0.3) is 0 Å². The number of carbonyl (C=O) groups excluding carboxylic acids is 2. The van der Waals surface area contributed by atoms with Gasteiger partial charge in [-0.15, -0.1) is 10.2 Å². The van der Waals surface area contributed by atoms with Crippen LogP contribution in [0, 0.1) is 0 Å². The van der Waals surface area contributed by atoms with Crippen LogP contribution in [0.15, 0.2) is 12.1 Å². The minimum Gasteiger partial charge on any atom is -0.352 e. The maximum atomic E-state index is 11.4. The van der Waals surface area contributed by atoms with E-state index in [0.29, 0.717) is 0 Å². The first-order chi connectivity index (χ1) is 7.59. The number of nitrogens with one attached hydrogen (secondary N) is 2. The molecule has 0 spiro atoms. The van der Waals surface area contributed by atoms with Gasteiger partial charge in [-0.05, 0) is 12.1 Å². The van der Waals surface area contributed by atoms with Crippen LogP contribution in [-0.2, 0) is 0 Å². The van der Waals surface area contributed by atoms with Crippen molar-refractivity contribution in [1.82, 2.24) is 20.8 Å². The van der Waals surface area contributed by atoms with Gasteiger partial charge in [-0.25, -0.2) is 4.79 Å². The maximum Gasteiger partial charge on any atom is 0.312 e. The molecule has 0 saturated carbocycles. The number of primary amides is 1. The van der Waals surface area contributed by atoms with Crippen molar-refractivity contribution >= 4 is 23.5 Å². The molecule has 3 amide bonds. The Labute approximate surface area is 96.4 Å². The molecule has 0 saturated heterocycles. The predicted molar refractivity (Wildman–Crippen MR) is 57.0 cm³/mol. The van der Waals surface area contributed by atoms with Crippen LogP contribution in [-0.4, -0.2) is 35.2 Å². The fourth-order valence-electron chi connectivity index (χ4n) is 0.889. The van der Waals surface area contributed by atoms with E-state index in [0.717, 1.165) is 0 Å². The van der Waals surface area contributed by atoms with Crippen LogP contribution in [0.4, 0.5) is 4.79 Å². The molecular formula is C8H10ClN5O2. The normalized spacial score (nSPS) is 9.56. The second kappa shape index (κ2) is 5.86. The summed E-state index contributed by atoms with van der Waals surface area (Å²) in [5.41, 5.74) is 4.99. The second-order valence-electron chi connectivity index (χ2n) is 2.79. The summed E-state index contributed by atoms with van der Waals surface area (Å²) in [7, 11) is 0. The number of nitrogens with two attached hydrogens (primary N) is 1. The van der Waals surface area contributed by atoms with Gasteiger partial charge in [0.15, 0.2) is 10.8 Å². The van der Waals surface area contributed by atoms with Crippen molar-refractivity contribution in [2.24, 2.45) is 5.73 Å². The molecule has 0 bridgehead atoms. The Kier molecular flexibility index (Phi) is 4.46. The lowest BCUT2D eigenvalue weighted by molar-refractivity contribution is 0.0948. The summed E-state index contributed by atoms with van der Waals surface area (Å²) in [4.78, 5) is 21.7. The summed E-state index contributed by atoms with van der Waals surface area (Å²) in [6.07, 6.45) is 0. The van der Waals surface area contributed by atoms with Crippen LogP contribution in [0.2, 0.25) is 5.15 Å². The zero-order valence-corrected chi connectivity index (χ0v) is 8.99. The fraction of sp³-hybridized carbons (Fsp3) is 0.250. The molecule has 86 valence electrons. The Balaban J connectivity index is 2.35. The average molecular weight is 244 g/mol. The number of amides is 3. The zero-order chi connectivity index (χ0) is 12.0. The van der Waals surface area contributed by atoms with E-state index in [1.54, 1.807) is 0 Å². The molecule has 0 unspecified atom stereocenters. The van der Waals surface area contributed by atoms with Gasteiger partial charge in [0.05, 0.1) is 0 Å². The van der Waals surface area contributed by atoms with Gasteiger partial charge in [-0.3, -0.25) is 4.79 Å². The van der Waals surface area contributed by atoms with Crippen molar-refractivity contribution < 1.29 is 9.59 Å². The van der Waals surface area contributed by atoms with Gasteiger partial charge in [-0.1, -0.05) is 11.6 Å². The highest BCUT2D eigenvalue weighted by Crippen LogP contribution is 2.01. The molecule has 1 rings (SSSR count). The van der Waals surface area contributed by atoms with Gasteiger partial charge in [0.25, 0.3) is 5.91 Å². The standard InChI is InChI=1S/C8H10ClN5O2/c9-6-2-1-5(13-14-6)7(15)11-3-4-12-8(10)16/h1-2H,3-4H2,(H,11,15)(H3,10,12,16). The van der Waals surface area contributed by atoms with Crippen LogP contribution in [0.3, 0.4) is 0 Å². The van der Waals surface area contributed by atoms with E-state index in [2.05, 4.69) is 20.8 Å². The van der Waals surface area contributed by atoms with E-state index in [4.69, 9.17) is 17.3 Å².